The van der Waals surface area contributed by atoms with Gasteiger partial charge < -0.3 is 10.1 Å². The highest BCUT2D eigenvalue weighted by molar-refractivity contribution is 7.89. The summed E-state index contributed by atoms with van der Waals surface area (Å²) < 4.78 is 33.2. The van der Waals surface area contributed by atoms with Gasteiger partial charge in [-0.2, -0.15) is 0 Å². The van der Waals surface area contributed by atoms with Gasteiger partial charge in [-0.25, -0.2) is 13.1 Å². The second-order valence-corrected chi connectivity index (χ2v) is 7.28. The maximum Gasteiger partial charge on any atom is 0.240 e. The van der Waals surface area contributed by atoms with Crippen molar-refractivity contribution in [3.05, 3.63) is 23.8 Å². The number of sulfonamides is 1. The van der Waals surface area contributed by atoms with E-state index in [-0.39, 0.29) is 12.1 Å². The summed E-state index contributed by atoms with van der Waals surface area (Å²) in [6, 6.07) is 5.09. The van der Waals surface area contributed by atoms with Crippen LogP contribution in [0.1, 0.15) is 25.3 Å². The molecule has 6 heteroatoms. The summed E-state index contributed by atoms with van der Waals surface area (Å²) in [6.45, 7) is 3.65. The molecule has 0 amide bonds. The van der Waals surface area contributed by atoms with Crippen LogP contribution >= 0.6 is 0 Å². The molecule has 1 saturated heterocycles. The zero-order valence-corrected chi connectivity index (χ0v) is 12.4. The van der Waals surface area contributed by atoms with Gasteiger partial charge in [-0.1, -0.05) is 0 Å². The molecule has 2 unspecified atom stereocenters. The Labute approximate surface area is 119 Å². The van der Waals surface area contributed by atoms with Gasteiger partial charge >= 0.3 is 0 Å². The normalized spacial score (nSPS) is 26.1. The number of piperidine rings is 1. The highest BCUT2D eigenvalue weighted by atomic mass is 32.2. The molecule has 110 valence electrons. The fourth-order valence-corrected chi connectivity index (χ4v) is 4.13. The number of fused-ring (bicyclic) bond motifs is 1. The minimum absolute atomic E-state index is 0.0165. The van der Waals surface area contributed by atoms with Crippen LogP contribution < -0.4 is 14.8 Å². The molecule has 2 atom stereocenters. The summed E-state index contributed by atoms with van der Waals surface area (Å²) in [6.07, 6.45) is 2.78. The third-order valence-corrected chi connectivity index (χ3v) is 5.31. The molecular weight excluding hydrogens is 276 g/mol. The van der Waals surface area contributed by atoms with Crippen molar-refractivity contribution in [2.24, 2.45) is 0 Å². The van der Waals surface area contributed by atoms with Crippen LogP contribution in [-0.2, 0) is 16.4 Å². The second-order valence-electron chi connectivity index (χ2n) is 5.57. The quantitative estimate of drug-likeness (QED) is 0.874. The lowest BCUT2D eigenvalue weighted by molar-refractivity contribution is 0.254. The molecule has 3 rings (SSSR count). The van der Waals surface area contributed by atoms with E-state index in [1.54, 1.807) is 18.2 Å². The van der Waals surface area contributed by atoms with E-state index < -0.39 is 10.0 Å². The molecule has 1 aromatic carbocycles. The predicted octanol–water partition coefficient (Wildman–Crippen LogP) is 1.04. The smallest absolute Gasteiger partial charge is 0.240 e. The van der Waals surface area contributed by atoms with E-state index in [1.807, 2.05) is 6.92 Å². The van der Waals surface area contributed by atoms with Gasteiger partial charge in [0.25, 0.3) is 0 Å². The van der Waals surface area contributed by atoms with Crippen LogP contribution in [0.15, 0.2) is 23.1 Å². The van der Waals surface area contributed by atoms with Gasteiger partial charge in [0, 0.05) is 19.0 Å². The maximum absolute atomic E-state index is 12.4. The molecule has 2 heterocycles. The summed E-state index contributed by atoms with van der Waals surface area (Å²) in [5, 5.41) is 3.21. The Balaban J connectivity index is 1.79. The first-order valence-electron chi connectivity index (χ1n) is 7.07. The second kappa shape index (κ2) is 5.35. The third-order valence-electron chi connectivity index (χ3n) is 3.80. The monoisotopic (exact) mass is 296 g/mol. The number of hydrogen-bond donors (Lipinski definition) is 2. The van der Waals surface area contributed by atoms with Crippen molar-refractivity contribution in [3.63, 3.8) is 0 Å². The van der Waals surface area contributed by atoms with Gasteiger partial charge in [-0.15, -0.1) is 0 Å². The van der Waals surface area contributed by atoms with E-state index in [0.717, 1.165) is 37.1 Å². The van der Waals surface area contributed by atoms with E-state index in [1.165, 1.54) is 0 Å². The molecule has 0 saturated carbocycles. The number of benzene rings is 1. The minimum atomic E-state index is -3.44. The number of ether oxygens (including phenoxy) is 1. The van der Waals surface area contributed by atoms with Crippen LogP contribution in [0, 0.1) is 0 Å². The van der Waals surface area contributed by atoms with E-state index in [2.05, 4.69) is 10.0 Å². The van der Waals surface area contributed by atoms with Crippen molar-refractivity contribution >= 4 is 10.0 Å². The average Bonchev–Trinajstić information content (AvgIpc) is 2.78. The lowest BCUT2D eigenvalue weighted by Gasteiger charge is -2.23. The molecule has 2 aliphatic rings. The highest BCUT2D eigenvalue weighted by Gasteiger charge is 2.25. The molecule has 0 radical (unpaired) electrons. The van der Waals surface area contributed by atoms with Crippen molar-refractivity contribution in [2.45, 2.75) is 43.2 Å². The molecule has 0 aliphatic carbocycles. The minimum Gasteiger partial charge on any atom is -0.490 e. The van der Waals surface area contributed by atoms with Crippen LogP contribution in [0.4, 0.5) is 0 Å². The van der Waals surface area contributed by atoms with Gasteiger partial charge in [0.1, 0.15) is 11.9 Å². The van der Waals surface area contributed by atoms with E-state index in [9.17, 15) is 8.42 Å². The zero-order valence-electron chi connectivity index (χ0n) is 11.6. The summed E-state index contributed by atoms with van der Waals surface area (Å²) in [4.78, 5) is 0.333. The standard InChI is InChI=1S/C14H20N2O3S/c1-10-7-11-8-13(4-5-14(11)19-10)20(17,18)16-12-3-2-6-15-9-12/h4-5,8,10,12,15-16H,2-3,6-7,9H2,1H3. The van der Waals surface area contributed by atoms with Crippen LogP contribution in [-0.4, -0.2) is 33.7 Å². The SMILES string of the molecule is CC1Cc2cc(S(=O)(=O)NC3CCCNC3)ccc2O1. The first-order chi connectivity index (χ1) is 9.54. The van der Waals surface area contributed by atoms with Crippen LogP contribution in [0.2, 0.25) is 0 Å². The van der Waals surface area contributed by atoms with Gasteiger partial charge in [-0.3, -0.25) is 0 Å². The predicted molar refractivity (Wildman–Crippen MR) is 76.4 cm³/mol. The Morgan fingerprint density at radius 1 is 1.40 bits per heavy atom. The van der Waals surface area contributed by atoms with Gasteiger partial charge in [0.05, 0.1) is 4.90 Å². The summed E-state index contributed by atoms with van der Waals surface area (Å²) in [5.41, 5.74) is 0.974. The Kier molecular flexibility index (Phi) is 3.70. The van der Waals surface area contributed by atoms with Crippen molar-refractivity contribution in [2.75, 3.05) is 13.1 Å². The topological polar surface area (TPSA) is 67.4 Å². The Hall–Kier alpha value is -1.11. The van der Waals surface area contributed by atoms with Crippen LogP contribution in [0.3, 0.4) is 0 Å². The Morgan fingerprint density at radius 2 is 2.25 bits per heavy atom. The lowest BCUT2D eigenvalue weighted by Crippen LogP contribution is -2.45. The fraction of sp³-hybridized carbons (Fsp3) is 0.571. The molecule has 2 aliphatic heterocycles. The van der Waals surface area contributed by atoms with Crippen molar-refractivity contribution in [1.29, 1.82) is 0 Å². The highest BCUT2D eigenvalue weighted by Crippen LogP contribution is 2.30. The fourth-order valence-electron chi connectivity index (χ4n) is 2.81. The molecule has 1 aromatic rings. The van der Waals surface area contributed by atoms with Gasteiger partial charge in [-0.05, 0) is 50.1 Å². The third kappa shape index (κ3) is 2.82. The van der Waals surface area contributed by atoms with Gasteiger partial charge in [0.2, 0.25) is 10.0 Å². The molecule has 20 heavy (non-hydrogen) atoms. The zero-order chi connectivity index (χ0) is 14.2. The average molecular weight is 296 g/mol. The maximum atomic E-state index is 12.4. The summed E-state index contributed by atoms with van der Waals surface area (Å²) in [5.74, 6) is 0.802. The van der Waals surface area contributed by atoms with Crippen molar-refractivity contribution in [1.82, 2.24) is 10.0 Å². The Morgan fingerprint density at radius 3 is 3.00 bits per heavy atom. The molecular formula is C14H20N2O3S. The lowest BCUT2D eigenvalue weighted by atomic mass is 10.1. The molecule has 2 N–H and O–H groups in total. The number of nitrogens with one attached hydrogen (secondary N) is 2. The van der Waals surface area contributed by atoms with Gasteiger partial charge in [0.15, 0.2) is 0 Å². The molecule has 0 bridgehead atoms. The Bertz CT molecular complexity index is 594. The summed E-state index contributed by atoms with van der Waals surface area (Å²) >= 11 is 0. The molecule has 0 spiro atoms. The first-order valence-corrected chi connectivity index (χ1v) is 8.55. The summed E-state index contributed by atoms with van der Waals surface area (Å²) in [7, 11) is -3.44. The van der Waals surface area contributed by atoms with Crippen LogP contribution in [0.25, 0.3) is 0 Å². The number of rotatable bonds is 3. The largest absolute Gasteiger partial charge is 0.490 e. The molecule has 1 fully saturated rings. The van der Waals surface area contributed by atoms with E-state index in [0.29, 0.717) is 11.4 Å². The number of hydrogen-bond acceptors (Lipinski definition) is 4. The molecule has 0 aromatic heterocycles. The molecule has 5 nitrogen and oxygen atoms in total. The first kappa shape index (κ1) is 13.9. The van der Waals surface area contributed by atoms with Crippen molar-refractivity contribution in [3.8, 4) is 5.75 Å². The van der Waals surface area contributed by atoms with E-state index in [4.69, 9.17) is 4.74 Å². The van der Waals surface area contributed by atoms with Crippen molar-refractivity contribution < 1.29 is 13.2 Å². The van der Waals surface area contributed by atoms with E-state index >= 15 is 0 Å². The van der Waals surface area contributed by atoms with Crippen LogP contribution in [0.5, 0.6) is 5.75 Å².